The maximum atomic E-state index is 13.4. The topological polar surface area (TPSA) is 166 Å². The number of aromatic nitrogens is 1. The van der Waals surface area contributed by atoms with E-state index in [4.69, 9.17) is 22.6 Å². The van der Waals surface area contributed by atoms with Gasteiger partial charge in [0.2, 0.25) is 5.13 Å². The van der Waals surface area contributed by atoms with Crippen molar-refractivity contribution in [2.24, 2.45) is 16.2 Å². The van der Waals surface area contributed by atoms with Crippen molar-refractivity contribution in [1.29, 1.82) is 0 Å². The van der Waals surface area contributed by atoms with Crippen LogP contribution in [0.3, 0.4) is 0 Å². The summed E-state index contributed by atoms with van der Waals surface area (Å²) in [5.74, 6) is 3.98. The fraction of sp³-hybridized carbons (Fsp3) is 0.238. The molecule has 0 radical (unpaired) electrons. The SMILES string of the molecule is C[C@@H](CC(=O)O)N1C(=O)NC(Nc2ccc3nc(N=NN)sc3c2)N(Cc2ccc(Cl)cc2)C1=O. The Labute approximate surface area is 208 Å². The first-order chi connectivity index (χ1) is 16.7. The average molecular weight is 517 g/mol. The molecule has 0 aliphatic carbocycles. The van der Waals surface area contributed by atoms with Crippen LogP contribution in [0.4, 0.5) is 20.4 Å². The molecule has 0 saturated carbocycles. The molecule has 4 rings (SSSR count). The lowest BCUT2D eigenvalue weighted by Crippen LogP contribution is -2.68. The van der Waals surface area contributed by atoms with E-state index in [-0.39, 0.29) is 13.0 Å². The Hall–Kier alpha value is -3.97. The second-order valence-corrected chi connectivity index (χ2v) is 9.19. The van der Waals surface area contributed by atoms with Crippen molar-refractivity contribution in [2.45, 2.75) is 32.2 Å². The molecule has 5 N–H and O–H groups in total. The molecule has 35 heavy (non-hydrogen) atoms. The third-order valence-electron chi connectivity index (χ3n) is 5.24. The lowest BCUT2D eigenvalue weighted by atomic mass is 10.2. The molecule has 0 bridgehead atoms. The number of hydrogen-bond donors (Lipinski definition) is 4. The van der Waals surface area contributed by atoms with Gasteiger partial charge in [-0.05, 0) is 42.8 Å². The zero-order valence-corrected chi connectivity index (χ0v) is 20.0. The van der Waals surface area contributed by atoms with Gasteiger partial charge >= 0.3 is 18.0 Å². The molecule has 3 aromatic rings. The summed E-state index contributed by atoms with van der Waals surface area (Å²) in [5, 5.41) is 23.0. The van der Waals surface area contributed by atoms with Gasteiger partial charge in [-0.2, -0.15) is 0 Å². The minimum Gasteiger partial charge on any atom is -0.481 e. The summed E-state index contributed by atoms with van der Waals surface area (Å²) in [4.78, 5) is 44.1. The molecule has 12 nitrogen and oxygen atoms in total. The highest BCUT2D eigenvalue weighted by Gasteiger charge is 2.41. The third kappa shape index (κ3) is 5.41. The van der Waals surface area contributed by atoms with Gasteiger partial charge in [-0.1, -0.05) is 40.3 Å². The highest BCUT2D eigenvalue weighted by atomic mass is 35.5. The summed E-state index contributed by atoms with van der Waals surface area (Å²) in [5.41, 5.74) is 2.08. The monoisotopic (exact) mass is 516 g/mol. The maximum absolute atomic E-state index is 13.4. The van der Waals surface area contributed by atoms with E-state index in [1.807, 2.05) is 0 Å². The summed E-state index contributed by atoms with van der Waals surface area (Å²) in [7, 11) is 0. The number of halogens is 1. The number of amides is 4. The lowest BCUT2D eigenvalue weighted by molar-refractivity contribution is -0.137. The van der Waals surface area contributed by atoms with Gasteiger partial charge in [0.25, 0.3) is 0 Å². The molecule has 2 atom stereocenters. The van der Waals surface area contributed by atoms with E-state index in [9.17, 15) is 14.4 Å². The van der Waals surface area contributed by atoms with E-state index in [1.165, 1.54) is 23.2 Å². The number of thiazole rings is 1. The molecule has 4 amide bonds. The van der Waals surface area contributed by atoms with Crippen molar-refractivity contribution >= 4 is 62.0 Å². The smallest absolute Gasteiger partial charge is 0.331 e. The molecule has 1 unspecified atom stereocenters. The van der Waals surface area contributed by atoms with Crippen LogP contribution in [0, 0.1) is 0 Å². The van der Waals surface area contributed by atoms with Gasteiger partial charge in [0.05, 0.1) is 29.2 Å². The number of anilines is 1. The first kappa shape index (κ1) is 24.2. The number of urea groups is 2. The number of carboxylic acids is 1. The van der Waals surface area contributed by atoms with E-state index >= 15 is 0 Å². The normalized spacial score (nSPS) is 17.1. The molecule has 2 heterocycles. The Kier molecular flexibility index (Phi) is 6.98. The number of carboxylic acid groups (broad SMARTS) is 1. The van der Waals surface area contributed by atoms with E-state index in [0.29, 0.717) is 21.4 Å². The minimum absolute atomic E-state index is 0.133. The first-order valence-corrected chi connectivity index (χ1v) is 11.6. The number of fused-ring (bicyclic) bond motifs is 1. The van der Waals surface area contributed by atoms with Crippen LogP contribution in [0.25, 0.3) is 10.2 Å². The van der Waals surface area contributed by atoms with Crippen LogP contribution in [0.2, 0.25) is 5.02 Å². The van der Waals surface area contributed by atoms with Crippen molar-refractivity contribution in [2.75, 3.05) is 5.32 Å². The molecule has 1 saturated heterocycles. The van der Waals surface area contributed by atoms with Crippen LogP contribution in [0.15, 0.2) is 52.8 Å². The Morgan fingerprint density at radius 2 is 2.06 bits per heavy atom. The molecule has 1 aromatic heterocycles. The van der Waals surface area contributed by atoms with Crippen LogP contribution < -0.4 is 16.5 Å². The maximum Gasteiger partial charge on any atom is 0.331 e. The fourth-order valence-corrected chi connectivity index (χ4v) is 4.60. The standard InChI is InChI=1S/C21H21ClN8O4S/c1-11(8-17(31)32)30-20(33)26-18(29(21(30)34)10-12-2-4-13(22)5-3-12)24-14-6-7-15-16(9-14)35-19(25-15)27-28-23/h2-7,9,11,18,24H,8,10H2,1H3,(H,26,33)(H,31,32)(H2,23,25,27)/t11-,18?/m0/s1. The molecular formula is C21H21ClN8O4S. The second-order valence-electron chi connectivity index (χ2n) is 7.74. The van der Waals surface area contributed by atoms with Crippen LogP contribution in [-0.4, -0.2) is 50.3 Å². The molecule has 1 aliphatic heterocycles. The van der Waals surface area contributed by atoms with Gasteiger partial charge in [0.1, 0.15) is 0 Å². The Morgan fingerprint density at radius 3 is 2.74 bits per heavy atom. The molecule has 1 aliphatic rings. The summed E-state index contributed by atoms with van der Waals surface area (Å²) >= 11 is 7.26. The van der Waals surface area contributed by atoms with E-state index in [0.717, 1.165) is 15.2 Å². The Balaban J connectivity index is 1.63. The molecule has 1 fully saturated rings. The summed E-state index contributed by atoms with van der Waals surface area (Å²) in [6.07, 6.45) is -1.29. The van der Waals surface area contributed by atoms with Crippen molar-refractivity contribution in [3.8, 4) is 0 Å². The van der Waals surface area contributed by atoms with E-state index in [2.05, 4.69) is 26.0 Å². The Morgan fingerprint density at radius 1 is 1.31 bits per heavy atom. The predicted molar refractivity (Wildman–Crippen MR) is 130 cm³/mol. The number of hydrogen-bond acceptors (Lipinski definition) is 8. The zero-order valence-electron chi connectivity index (χ0n) is 18.4. The number of nitrogens with one attached hydrogen (secondary N) is 2. The third-order valence-corrected chi connectivity index (χ3v) is 6.40. The van der Waals surface area contributed by atoms with Gasteiger partial charge in [-0.15, -0.1) is 5.11 Å². The molecule has 14 heteroatoms. The van der Waals surface area contributed by atoms with E-state index < -0.39 is 30.4 Å². The van der Waals surface area contributed by atoms with Gasteiger partial charge in [-0.3, -0.25) is 15.0 Å². The van der Waals surface area contributed by atoms with Crippen LogP contribution in [-0.2, 0) is 11.3 Å². The van der Waals surface area contributed by atoms with Crippen molar-refractivity contribution in [1.82, 2.24) is 20.1 Å². The van der Waals surface area contributed by atoms with Gasteiger partial charge in [-0.25, -0.2) is 19.5 Å². The summed E-state index contributed by atoms with van der Waals surface area (Å²) < 4.78 is 0.798. The number of nitrogens with zero attached hydrogens (tertiary/aromatic N) is 5. The second kappa shape index (κ2) is 10.1. The largest absolute Gasteiger partial charge is 0.481 e. The van der Waals surface area contributed by atoms with Crippen LogP contribution in [0.1, 0.15) is 18.9 Å². The number of rotatable bonds is 8. The molecule has 2 aromatic carbocycles. The van der Waals surface area contributed by atoms with Crippen molar-refractivity contribution in [3.63, 3.8) is 0 Å². The number of carbonyl (C=O) groups is 3. The van der Waals surface area contributed by atoms with Crippen LogP contribution in [0.5, 0.6) is 0 Å². The number of imide groups is 1. The minimum atomic E-state index is -1.12. The van der Waals surface area contributed by atoms with E-state index in [1.54, 1.807) is 42.5 Å². The van der Waals surface area contributed by atoms with Gasteiger partial charge < -0.3 is 16.3 Å². The molecule has 182 valence electrons. The Bertz CT molecular complexity index is 1300. The first-order valence-electron chi connectivity index (χ1n) is 10.4. The van der Waals surface area contributed by atoms with Gasteiger partial charge in [0, 0.05) is 10.7 Å². The number of nitrogens with two attached hydrogens (primary N) is 1. The van der Waals surface area contributed by atoms with Gasteiger partial charge in [0.15, 0.2) is 6.29 Å². The number of carbonyl (C=O) groups excluding carboxylic acids is 2. The highest BCUT2D eigenvalue weighted by molar-refractivity contribution is 7.21. The molecular weight excluding hydrogens is 496 g/mol. The molecule has 0 spiro atoms. The van der Waals surface area contributed by atoms with Crippen molar-refractivity contribution in [3.05, 3.63) is 53.1 Å². The zero-order chi connectivity index (χ0) is 25.1. The van der Waals surface area contributed by atoms with Crippen LogP contribution >= 0.6 is 22.9 Å². The van der Waals surface area contributed by atoms with Crippen molar-refractivity contribution < 1.29 is 19.5 Å². The highest BCUT2D eigenvalue weighted by Crippen LogP contribution is 2.31. The quantitative estimate of drug-likeness (QED) is 0.198. The lowest BCUT2D eigenvalue weighted by Gasteiger charge is -2.43. The summed E-state index contributed by atoms with van der Waals surface area (Å²) in [6.45, 7) is 1.64. The fourth-order valence-electron chi connectivity index (χ4n) is 3.64. The predicted octanol–water partition coefficient (Wildman–Crippen LogP) is 4.11. The summed E-state index contributed by atoms with van der Waals surface area (Å²) in [6, 6.07) is 10.1. The number of benzene rings is 2. The number of aliphatic carboxylic acids is 1. The average Bonchev–Trinajstić information content (AvgIpc) is 3.19.